The summed E-state index contributed by atoms with van der Waals surface area (Å²) in [7, 11) is 0. The lowest BCUT2D eigenvalue weighted by Crippen LogP contribution is -2.49. The van der Waals surface area contributed by atoms with Crippen molar-refractivity contribution in [1.29, 1.82) is 0 Å². The molecule has 0 spiro atoms. The zero-order valence-electron chi connectivity index (χ0n) is 14.1. The van der Waals surface area contributed by atoms with Gasteiger partial charge in [-0.15, -0.1) is 0 Å². The van der Waals surface area contributed by atoms with Gasteiger partial charge in [-0.1, -0.05) is 20.8 Å². The molecule has 2 N–H and O–H groups in total. The molecule has 0 aliphatic carbocycles. The van der Waals surface area contributed by atoms with E-state index in [4.69, 9.17) is 0 Å². The van der Waals surface area contributed by atoms with Crippen LogP contribution in [0.3, 0.4) is 0 Å². The summed E-state index contributed by atoms with van der Waals surface area (Å²) >= 11 is 0. The van der Waals surface area contributed by atoms with E-state index in [-0.39, 0.29) is 17.4 Å². The third-order valence-corrected chi connectivity index (χ3v) is 3.37. The number of amides is 2. The van der Waals surface area contributed by atoms with Crippen molar-refractivity contribution in [3.8, 4) is 0 Å². The number of benzene rings is 1. The molecule has 2 amide bonds. The van der Waals surface area contributed by atoms with E-state index >= 15 is 0 Å². The van der Waals surface area contributed by atoms with Crippen molar-refractivity contribution in [3.63, 3.8) is 0 Å². The first-order valence-electron chi connectivity index (χ1n) is 7.69. The van der Waals surface area contributed by atoms with Crippen LogP contribution in [0.4, 0.5) is 11.4 Å². The summed E-state index contributed by atoms with van der Waals surface area (Å²) < 4.78 is 0. The summed E-state index contributed by atoms with van der Waals surface area (Å²) in [6.07, 6.45) is 0.724. The number of nitro benzene ring substituents is 2. The number of nitro groups is 2. The van der Waals surface area contributed by atoms with Gasteiger partial charge in [0.25, 0.3) is 17.3 Å². The molecule has 0 unspecified atom stereocenters. The third kappa shape index (κ3) is 5.52. The highest BCUT2D eigenvalue weighted by atomic mass is 16.6. The average Bonchev–Trinajstić information content (AvgIpc) is 2.56. The predicted octanol–water partition coefficient (Wildman–Crippen LogP) is 1.78. The summed E-state index contributed by atoms with van der Waals surface area (Å²) in [6.45, 7) is 5.78. The number of hydrogen-bond acceptors (Lipinski definition) is 6. The summed E-state index contributed by atoms with van der Waals surface area (Å²) in [5.41, 5.74) is -1.40. The molecule has 0 bridgehead atoms. The quantitative estimate of drug-likeness (QED) is 0.539. The Morgan fingerprint density at radius 3 is 2.00 bits per heavy atom. The Kier molecular flexibility index (Phi) is 6.97. The topological polar surface area (TPSA) is 144 Å². The highest BCUT2D eigenvalue weighted by molar-refractivity contribution is 5.98. The first-order valence-corrected chi connectivity index (χ1v) is 7.69. The van der Waals surface area contributed by atoms with Gasteiger partial charge in [0.05, 0.1) is 21.5 Å². The summed E-state index contributed by atoms with van der Waals surface area (Å²) in [5.74, 6) is -1.42. The van der Waals surface area contributed by atoms with Gasteiger partial charge in [0.2, 0.25) is 5.91 Å². The molecule has 0 heterocycles. The molecule has 1 aromatic rings. The Labute approximate surface area is 143 Å². The summed E-state index contributed by atoms with van der Waals surface area (Å²) in [5, 5.41) is 26.9. The SMILES string of the molecule is CCCNC(=O)[C@@H](NC(=O)c1cc([N+](=O)[O-])cc([N+](=O)[O-])c1)C(C)C. The maximum atomic E-state index is 12.4. The molecule has 1 atom stereocenters. The van der Waals surface area contributed by atoms with Crippen LogP contribution in [0.25, 0.3) is 0 Å². The highest BCUT2D eigenvalue weighted by Crippen LogP contribution is 2.22. The van der Waals surface area contributed by atoms with E-state index in [0.717, 1.165) is 24.6 Å². The molecule has 0 fully saturated rings. The van der Waals surface area contributed by atoms with Gasteiger partial charge in [-0.3, -0.25) is 29.8 Å². The maximum absolute atomic E-state index is 12.4. The van der Waals surface area contributed by atoms with Crippen LogP contribution >= 0.6 is 0 Å². The lowest BCUT2D eigenvalue weighted by Gasteiger charge is -2.21. The van der Waals surface area contributed by atoms with E-state index < -0.39 is 33.2 Å². The molecule has 0 aliphatic heterocycles. The molecule has 25 heavy (non-hydrogen) atoms. The van der Waals surface area contributed by atoms with Crippen LogP contribution in [-0.2, 0) is 4.79 Å². The van der Waals surface area contributed by atoms with E-state index in [2.05, 4.69) is 10.6 Å². The van der Waals surface area contributed by atoms with Gasteiger partial charge >= 0.3 is 0 Å². The molecule has 10 heteroatoms. The lowest BCUT2D eigenvalue weighted by molar-refractivity contribution is -0.394. The minimum Gasteiger partial charge on any atom is -0.354 e. The number of nitrogens with one attached hydrogen (secondary N) is 2. The summed E-state index contributed by atoms with van der Waals surface area (Å²) in [6, 6.07) is 1.77. The first kappa shape index (κ1) is 20.0. The Morgan fingerprint density at radius 1 is 1.08 bits per heavy atom. The van der Waals surface area contributed by atoms with Crippen molar-refractivity contribution in [2.24, 2.45) is 5.92 Å². The van der Waals surface area contributed by atoms with E-state index in [1.54, 1.807) is 13.8 Å². The predicted molar refractivity (Wildman–Crippen MR) is 89.1 cm³/mol. The molecule has 0 saturated carbocycles. The average molecular weight is 352 g/mol. The number of rotatable bonds is 8. The van der Waals surface area contributed by atoms with Crippen molar-refractivity contribution in [1.82, 2.24) is 10.6 Å². The highest BCUT2D eigenvalue weighted by Gasteiger charge is 2.26. The Balaban J connectivity index is 3.10. The zero-order chi connectivity index (χ0) is 19.1. The van der Waals surface area contributed by atoms with Gasteiger partial charge < -0.3 is 10.6 Å². The lowest BCUT2D eigenvalue weighted by atomic mass is 10.0. The fourth-order valence-electron chi connectivity index (χ4n) is 2.05. The zero-order valence-corrected chi connectivity index (χ0v) is 14.1. The van der Waals surface area contributed by atoms with Crippen LogP contribution in [0.1, 0.15) is 37.6 Å². The van der Waals surface area contributed by atoms with Crippen LogP contribution in [-0.4, -0.2) is 34.2 Å². The van der Waals surface area contributed by atoms with Crippen molar-refractivity contribution in [3.05, 3.63) is 44.0 Å². The number of hydrogen-bond donors (Lipinski definition) is 2. The monoisotopic (exact) mass is 352 g/mol. The minimum absolute atomic E-state index is 0.241. The normalized spacial score (nSPS) is 11.7. The van der Waals surface area contributed by atoms with Gasteiger partial charge in [0, 0.05) is 18.7 Å². The van der Waals surface area contributed by atoms with E-state index in [9.17, 15) is 29.8 Å². The molecule has 1 rings (SSSR count). The Morgan fingerprint density at radius 2 is 1.60 bits per heavy atom. The summed E-state index contributed by atoms with van der Waals surface area (Å²) in [4.78, 5) is 44.6. The number of carbonyl (C=O) groups is 2. The van der Waals surface area contributed by atoms with Gasteiger partial charge in [0.1, 0.15) is 6.04 Å². The van der Waals surface area contributed by atoms with Gasteiger partial charge in [-0.25, -0.2) is 0 Å². The van der Waals surface area contributed by atoms with Crippen molar-refractivity contribution in [2.45, 2.75) is 33.2 Å². The molecule has 0 aliphatic rings. The fraction of sp³-hybridized carbons (Fsp3) is 0.467. The second-order valence-corrected chi connectivity index (χ2v) is 5.74. The van der Waals surface area contributed by atoms with E-state index in [1.165, 1.54) is 0 Å². The fourth-order valence-corrected chi connectivity index (χ4v) is 2.05. The molecule has 10 nitrogen and oxygen atoms in total. The number of carbonyl (C=O) groups excluding carboxylic acids is 2. The van der Waals surface area contributed by atoms with E-state index in [0.29, 0.717) is 6.54 Å². The van der Waals surface area contributed by atoms with Crippen molar-refractivity contribution >= 4 is 23.2 Å². The van der Waals surface area contributed by atoms with Gasteiger partial charge in [0.15, 0.2) is 0 Å². The third-order valence-electron chi connectivity index (χ3n) is 3.37. The first-order chi connectivity index (χ1) is 11.7. The molecular weight excluding hydrogens is 332 g/mol. The van der Waals surface area contributed by atoms with Crippen molar-refractivity contribution in [2.75, 3.05) is 6.54 Å². The number of nitrogens with zero attached hydrogens (tertiary/aromatic N) is 2. The van der Waals surface area contributed by atoms with Crippen molar-refractivity contribution < 1.29 is 19.4 Å². The molecule has 136 valence electrons. The molecule has 1 aromatic carbocycles. The maximum Gasteiger partial charge on any atom is 0.277 e. The van der Waals surface area contributed by atoms with Crippen LogP contribution in [0, 0.1) is 26.1 Å². The second kappa shape index (κ2) is 8.71. The largest absolute Gasteiger partial charge is 0.354 e. The van der Waals surface area contributed by atoms with Gasteiger partial charge in [-0.2, -0.15) is 0 Å². The molecule has 0 saturated heterocycles. The van der Waals surface area contributed by atoms with Crippen LogP contribution in [0.5, 0.6) is 0 Å². The molecule has 0 radical (unpaired) electrons. The standard InChI is InChI=1S/C15H20N4O6/c1-4-5-16-15(21)13(9(2)3)17-14(20)10-6-11(18(22)23)8-12(7-10)19(24)25/h6-9,13H,4-5H2,1-3H3,(H,16,21)(H,17,20)/t13-/m0/s1. The van der Waals surface area contributed by atoms with Crippen LogP contribution in [0.2, 0.25) is 0 Å². The Bertz CT molecular complexity index is 656. The van der Waals surface area contributed by atoms with Gasteiger partial charge in [-0.05, 0) is 12.3 Å². The molecular formula is C15H20N4O6. The van der Waals surface area contributed by atoms with Crippen LogP contribution < -0.4 is 10.6 Å². The smallest absolute Gasteiger partial charge is 0.277 e. The second-order valence-electron chi connectivity index (χ2n) is 5.74. The minimum atomic E-state index is -0.864. The van der Waals surface area contributed by atoms with Crippen LogP contribution in [0.15, 0.2) is 18.2 Å². The van der Waals surface area contributed by atoms with E-state index in [1.807, 2.05) is 6.92 Å². The number of non-ortho nitro benzene ring substituents is 2. The Hall–Kier alpha value is -3.04. The molecule has 0 aromatic heterocycles.